The van der Waals surface area contributed by atoms with Crippen LogP contribution in [0.25, 0.3) is 0 Å². The lowest BCUT2D eigenvalue weighted by Gasteiger charge is -2.29. The standard InChI is InChI=1S/C10H19F2NO2/c1-5-6-10(2,9(11)12)7-8(14)13(3)15-4/h9H,5-7H2,1-4H3. The normalized spacial score (nSPS) is 15.1. The third-order valence-electron chi connectivity index (χ3n) is 2.53. The van der Waals surface area contributed by atoms with Crippen LogP contribution in [0.5, 0.6) is 0 Å². The molecular weight excluding hydrogens is 204 g/mol. The first-order valence-electron chi connectivity index (χ1n) is 4.96. The van der Waals surface area contributed by atoms with E-state index in [0.29, 0.717) is 12.8 Å². The summed E-state index contributed by atoms with van der Waals surface area (Å²) in [7, 11) is 2.75. The molecule has 0 aromatic heterocycles. The number of alkyl halides is 2. The van der Waals surface area contributed by atoms with Crippen LogP contribution in [0, 0.1) is 5.41 Å². The van der Waals surface area contributed by atoms with Crippen molar-refractivity contribution >= 4 is 5.91 Å². The van der Waals surface area contributed by atoms with Crippen LogP contribution in [0.3, 0.4) is 0 Å². The highest BCUT2D eigenvalue weighted by molar-refractivity contribution is 5.75. The van der Waals surface area contributed by atoms with Crippen LogP contribution in [0.2, 0.25) is 0 Å². The van der Waals surface area contributed by atoms with Crippen LogP contribution in [0.4, 0.5) is 8.78 Å². The van der Waals surface area contributed by atoms with Crippen molar-refractivity contribution in [3.05, 3.63) is 0 Å². The van der Waals surface area contributed by atoms with Gasteiger partial charge in [-0.2, -0.15) is 0 Å². The molecule has 0 bridgehead atoms. The number of carbonyl (C=O) groups excluding carboxylic acids is 1. The Bertz CT molecular complexity index is 212. The maximum absolute atomic E-state index is 12.8. The van der Waals surface area contributed by atoms with Crippen molar-refractivity contribution < 1.29 is 18.4 Å². The zero-order valence-electron chi connectivity index (χ0n) is 9.72. The summed E-state index contributed by atoms with van der Waals surface area (Å²) >= 11 is 0. The second-order valence-corrected chi connectivity index (χ2v) is 3.96. The van der Waals surface area contributed by atoms with Crippen molar-refractivity contribution in [2.24, 2.45) is 5.41 Å². The molecule has 5 heteroatoms. The van der Waals surface area contributed by atoms with Gasteiger partial charge in [0.1, 0.15) is 0 Å². The summed E-state index contributed by atoms with van der Waals surface area (Å²) in [5, 5.41) is 0.982. The van der Waals surface area contributed by atoms with Crippen molar-refractivity contribution in [3.8, 4) is 0 Å². The summed E-state index contributed by atoms with van der Waals surface area (Å²) in [5.41, 5.74) is -1.25. The lowest BCUT2D eigenvalue weighted by atomic mass is 9.82. The third-order valence-corrected chi connectivity index (χ3v) is 2.53. The molecule has 90 valence electrons. The highest BCUT2D eigenvalue weighted by Gasteiger charge is 2.37. The first-order chi connectivity index (χ1) is 6.87. The zero-order chi connectivity index (χ0) is 12.1. The molecule has 0 saturated heterocycles. The Balaban J connectivity index is 4.48. The number of rotatable bonds is 6. The largest absolute Gasteiger partial charge is 0.275 e. The summed E-state index contributed by atoms with van der Waals surface area (Å²) in [6.45, 7) is 3.26. The molecule has 1 atom stereocenters. The van der Waals surface area contributed by atoms with E-state index < -0.39 is 17.7 Å². The minimum Gasteiger partial charge on any atom is -0.275 e. The van der Waals surface area contributed by atoms with Crippen LogP contribution in [0.15, 0.2) is 0 Å². The van der Waals surface area contributed by atoms with Gasteiger partial charge in [-0.3, -0.25) is 9.63 Å². The number of hydrogen-bond acceptors (Lipinski definition) is 2. The fourth-order valence-corrected chi connectivity index (χ4v) is 1.40. The quantitative estimate of drug-likeness (QED) is 0.647. The van der Waals surface area contributed by atoms with Crippen molar-refractivity contribution in [3.63, 3.8) is 0 Å². The zero-order valence-corrected chi connectivity index (χ0v) is 9.72. The molecule has 0 saturated carbocycles. The number of nitrogens with zero attached hydrogens (tertiary/aromatic N) is 1. The van der Waals surface area contributed by atoms with Crippen molar-refractivity contribution in [1.82, 2.24) is 5.06 Å². The van der Waals surface area contributed by atoms with Gasteiger partial charge in [-0.25, -0.2) is 13.8 Å². The molecule has 0 aliphatic carbocycles. The number of hydroxylamine groups is 2. The molecule has 0 fully saturated rings. The highest BCUT2D eigenvalue weighted by atomic mass is 19.3. The van der Waals surface area contributed by atoms with Gasteiger partial charge >= 0.3 is 0 Å². The van der Waals surface area contributed by atoms with Crippen LogP contribution < -0.4 is 0 Å². The van der Waals surface area contributed by atoms with Gasteiger partial charge < -0.3 is 0 Å². The van der Waals surface area contributed by atoms with Gasteiger partial charge in [-0.05, 0) is 6.42 Å². The molecule has 0 aliphatic rings. The second kappa shape index (κ2) is 6.00. The molecule has 0 aromatic rings. The van der Waals surface area contributed by atoms with Gasteiger partial charge in [0, 0.05) is 18.9 Å². The molecule has 0 aromatic carbocycles. The predicted molar refractivity (Wildman–Crippen MR) is 53.4 cm³/mol. The molecule has 0 spiro atoms. The molecule has 0 aliphatic heterocycles. The maximum atomic E-state index is 12.8. The number of halogens is 2. The van der Waals surface area contributed by atoms with Gasteiger partial charge in [-0.15, -0.1) is 0 Å². The number of hydrogen-bond donors (Lipinski definition) is 0. The Hall–Kier alpha value is -0.710. The summed E-state index contributed by atoms with van der Waals surface area (Å²) in [5.74, 6) is -0.422. The van der Waals surface area contributed by atoms with Gasteiger partial charge in [-0.1, -0.05) is 20.3 Å². The van der Waals surface area contributed by atoms with E-state index in [2.05, 4.69) is 4.84 Å². The van der Waals surface area contributed by atoms with Gasteiger partial charge in [0.25, 0.3) is 0 Å². The van der Waals surface area contributed by atoms with E-state index in [0.717, 1.165) is 5.06 Å². The Labute approximate surface area is 89.3 Å². The van der Waals surface area contributed by atoms with E-state index in [1.807, 2.05) is 6.92 Å². The first-order valence-corrected chi connectivity index (χ1v) is 4.96. The lowest BCUT2D eigenvalue weighted by molar-refractivity contribution is -0.173. The molecule has 1 amide bonds. The van der Waals surface area contributed by atoms with Gasteiger partial charge in [0.05, 0.1) is 7.11 Å². The molecule has 0 heterocycles. The van der Waals surface area contributed by atoms with Crippen LogP contribution in [-0.4, -0.2) is 31.6 Å². The summed E-state index contributed by atoms with van der Waals surface area (Å²) in [6, 6.07) is 0. The average molecular weight is 223 g/mol. The van der Waals surface area contributed by atoms with Crippen LogP contribution in [0.1, 0.15) is 33.1 Å². The third kappa shape index (κ3) is 4.11. The lowest BCUT2D eigenvalue weighted by Crippen LogP contribution is -2.35. The molecule has 3 nitrogen and oxygen atoms in total. The molecule has 0 rings (SSSR count). The van der Waals surface area contributed by atoms with Gasteiger partial charge in [0.15, 0.2) is 0 Å². The van der Waals surface area contributed by atoms with Crippen molar-refractivity contribution in [1.29, 1.82) is 0 Å². The number of carbonyl (C=O) groups is 1. The smallest absolute Gasteiger partial charge is 0.246 e. The summed E-state index contributed by atoms with van der Waals surface area (Å²) < 4.78 is 25.6. The molecular formula is C10H19F2NO2. The molecule has 15 heavy (non-hydrogen) atoms. The Morgan fingerprint density at radius 1 is 1.53 bits per heavy atom. The Morgan fingerprint density at radius 3 is 2.40 bits per heavy atom. The van der Waals surface area contributed by atoms with Gasteiger partial charge in [0.2, 0.25) is 12.3 Å². The fourth-order valence-electron chi connectivity index (χ4n) is 1.40. The second-order valence-electron chi connectivity index (χ2n) is 3.96. The monoisotopic (exact) mass is 223 g/mol. The van der Waals surface area contributed by atoms with E-state index in [1.54, 1.807) is 0 Å². The highest BCUT2D eigenvalue weighted by Crippen LogP contribution is 2.35. The molecule has 0 radical (unpaired) electrons. The van der Waals surface area contributed by atoms with Crippen molar-refractivity contribution in [2.45, 2.75) is 39.5 Å². The summed E-state index contributed by atoms with van der Waals surface area (Å²) in [6.07, 6.45) is -1.73. The Morgan fingerprint density at radius 2 is 2.07 bits per heavy atom. The minimum atomic E-state index is -2.49. The van der Waals surface area contributed by atoms with Crippen LogP contribution in [-0.2, 0) is 9.63 Å². The first kappa shape index (κ1) is 14.3. The number of amides is 1. The van der Waals surface area contributed by atoms with E-state index in [4.69, 9.17) is 0 Å². The van der Waals surface area contributed by atoms with E-state index in [1.165, 1.54) is 21.1 Å². The predicted octanol–water partition coefficient (Wildman–Crippen LogP) is 2.47. The van der Waals surface area contributed by atoms with Crippen LogP contribution >= 0.6 is 0 Å². The topological polar surface area (TPSA) is 29.5 Å². The Kier molecular flexibility index (Phi) is 5.72. The fraction of sp³-hybridized carbons (Fsp3) is 0.900. The molecule has 1 unspecified atom stereocenters. The van der Waals surface area contributed by atoms with E-state index in [9.17, 15) is 13.6 Å². The van der Waals surface area contributed by atoms with E-state index >= 15 is 0 Å². The van der Waals surface area contributed by atoms with Crippen molar-refractivity contribution in [2.75, 3.05) is 14.2 Å². The summed E-state index contributed by atoms with van der Waals surface area (Å²) in [4.78, 5) is 16.1. The minimum absolute atomic E-state index is 0.192. The maximum Gasteiger partial charge on any atom is 0.246 e. The molecule has 0 N–H and O–H groups in total. The van der Waals surface area contributed by atoms with E-state index in [-0.39, 0.29) is 6.42 Å². The average Bonchev–Trinajstić information content (AvgIpc) is 2.16. The SMILES string of the molecule is CCCC(C)(CC(=O)N(C)OC)C(F)F.